The van der Waals surface area contributed by atoms with E-state index in [0.717, 1.165) is 5.57 Å². The normalized spacial score (nSPS) is 30.2. The SMILES string of the molecule is COC[C@H]1[C@@H](C=CC(C)=CC(=O)O)[C@@]1(C)c1ccc2c(c1)C(C)(C)CCC2(C)C. The van der Waals surface area contributed by atoms with Crippen molar-refractivity contribution < 1.29 is 14.6 Å². The Bertz CT molecular complexity index is 859. The van der Waals surface area contributed by atoms with Crippen molar-refractivity contribution in [3.8, 4) is 0 Å². The molecule has 1 N–H and O–H groups in total. The zero-order chi connectivity index (χ0) is 21.6. The van der Waals surface area contributed by atoms with Gasteiger partial charge in [-0.15, -0.1) is 0 Å². The van der Waals surface area contributed by atoms with Gasteiger partial charge in [-0.1, -0.05) is 65.0 Å². The number of ether oxygens (including phenoxy) is 1. The predicted molar refractivity (Wildman–Crippen MR) is 118 cm³/mol. The van der Waals surface area contributed by atoms with Gasteiger partial charge in [0.25, 0.3) is 0 Å². The fraction of sp³-hybridized carbons (Fsp3) is 0.577. The highest BCUT2D eigenvalue weighted by Crippen LogP contribution is 2.61. The van der Waals surface area contributed by atoms with E-state index in [1.54, 1.807) is 7.11 Å². The number of carboxylic acids is 1. The van der Waals surface area contributed by atoms with Crippen LogP contribution in [0.3, 0.4) is 0 Å². The lowest BCUT2D eigenvalue weighted by molar-refractivity contribution is -0.131. The van der Waals surface area contributed by atoms with Crippen LogP contribution in [0.1, 0.15) is 71.1 Å². The second kappa shape index (κ2) is 7.43. The van der Waals surface area contributed by atoms with E-state index in [2.05, 4.69) is 58.9 Å². The molecular formula is C26H36O3. The predicted octanol–water partition coefficient (Wildman–Crippen LogP) is 5.77. The highest BCUT2D eigenvalue weighted by atomic mass is 16.5. The van der Waals surface area contributed by atoms with Crippen molar-refractivity contribution in [1.29, 1.82) is 0 Å². The van der Waals surface area contributed by atoms with Crippen molar-refractivity contribution in [1.82, 2.24) is 0 Å². The summed E-state index contributed by atoms with van der Waals surface area (Å²) in [5.41, 5.74) is 5.53. The first-order valence-corrected chi connectivity index (χ1v) is 10.7. The summed E-state index contributed by atoms with van der Waals surface area (Å²) in [7, 11) is 1.76. The maximum atomic E-state index is 10.9. The first kappa shape index (κ1) is 21.8. The van der Waals surface area contributed by atoms with E-state index in [-0.39, 0.29) is 16.2 Å². The second-order valence-electron chi connectivity index (χ2n) is 10.5. The first-order chi connectivity index (χ1) is 13.4. The molecule has 3 atom stereocenters. The summed E-state index contributed by atoms with van der Waals surface area (Å²) in [6.07, 6.45) is 7.80. The largest absolute Gasteiger partial charge is 0.478 e. The number of rotatable bonds is 6. The summed E-state index contributed by atoms with van der Waals surface area (Å²) >= 11 is 0. The molecule has 0 aromatic heterocycles. The molecule has 2 aliphatic rings. The molecule has 0 spiro atoms. The Balaban J connectivity index is 1.98. The van der Waals surface area contributed by atoms with E-state index >= 15 is 0 Å². The molecule has 3 nitrogen and oxygen atoms in total. The maximum Gasteiger partial charge on any atom is 0.328 e. The Labute approximate surface area is 175 Å². The van der Waals surface area contributed by atoms with E-state index in [4.69, 9.17) is 9.84 Å². The van der Waals surface area contributed by atoms with Crippen LogP contribution in [0, 0.1) is 11.8 Å². The van der Waals surface area contributed by atoms with Crippen molar-refractivity contribution in [2.45, 2.75) is 70.6 Å². The lowest BCUT2D eigenvalue weighted by atomic mass is 9.62. The summed E-state index contributed by atoms with van der Waals surface area (Å²) in [6.45, 7) is 14.3. The van der Waals surface area contributed by atoms with Crippen LogP contribution in [0.15, 0.2) is 42.0 Å². The minimum atomic E-state index is -0.904. The minimum absolute atomic E-state index is 0.0166. The quantitative estimate of drug-likeness (QED) is 0.490. The summed E-state index contributed by atoms with van der Waals surface area (Å²) in [4.78, 5) is 10.9. The van der Waals surface area contributed by atoms with Crippen molar-refractivity contribution in [3.05, 3.63) is 58.7 Å². The molecule has 2 aliphatic carbocycles. The van der Waals surface area contributed by atoms with Crippen LogP contribution in [-0.2, 0) is 25.8 Å². The molecule has 1 saturated carbocycles. The first-order valence-electron chi connectivity index (χ1n) is 10.7. The van der Waals surface area contributed by atoms with Crippen LogP contribution in [0.5, 0.6) is 0 Å². The molecule has 1 aromatic carbocycles. The Morgan fingerprint density at radius 3 is 2.34 bits per heavy atom. The third kappa shape index (κ3) is 3.94. The van der Waals surface area contributed by atoms with Gasteiger partial charge in [-0.3, -0.25) is 0 Å². The van der Waals surface area contributed by atoms with Crippen LogP contribution in [-0.4, -0.2) is 24.8 Å². The number of carbonyl (C=O) groups is 1. The molecule has 0 unspecified atom stereocenters. The highest BCUT2D eigenvalue weighted by molar-refractivity contribution is 5.81. The summed E-state index contributed by atoms with van der Waals surface area (Å²) < 4.78 is 5.53. The number of hydrogen-bond acceptors (Lipinski definition) is 2. The minimum Gasteiger partial charge on any atom is -0.478 e. The zero-order valence-electron chi connectivity index (χ0n) is 19.0. The average molecular weight is 397 g/mol. The van der Waals surface area contributed by atoms with Gasteiger partial charge in [0.2, 0.25) is 0 Å². The van der Waals surface area contributed by atoms with Gasteiger partial charge in [0.15, 0.2) is 0 Å². The number of fused-ring (bicyclic) bond motifs is 1. The van der Waals surface area contributed by atoms with Crippen LogP contribution >= 0.6 is 0 Å². The average Bonchev–Trinajstić information content (AvgIpc) is 3.21. The maximum absolute atomic E-state index is 10.9. The molecule has 1 aromatic rings. The topological polar surface area (TPSA) is 46.5 Å². The monoisotopic (exact) mass is 396 g/mol. The van der Waals surface area contributed by atoms with E-state index < -0.39 is 5.97 Å². The number of carboxylic acid groups (broad SMARTS) is 1. The van der Waals surface area contributed by atoms with E-state index in [1.807, 2.05) is 13.0 Å². The third-order valence-electron chi connectivity index (χ3n) is 7.53. The fourth-order valence-corrected chi connectivity index (χ4v) is 5.26. The van der Waals surface area contributed by atoms with Gasteiger partial charge in [0.05, 0.1) is 6.61 Å². The Morgan fingerprint density at radius 2 is 1.76 bits per heavy atom. The standard InChI is InChI=1S/C26H36O3/c1-17(14-23(27)28)8-10-20-22(16-29-7)26(20,6)18-9-11-19-21(15-18)25(4,5)13-12-24(19,2)3/h8-11,14-15,20,22H,12-13,16H2,1-7H3,(H,27,28)/t20-,22+,26-/m1/s1. The van der Waals surface area contributed by atoms with Crippen molar-refractivity contribution in [2.24, 2.45) is 11.8 Å². The summed E-state index contributed by atoms with van der Waals surface area (Å²) in [5.74, 6) is -0.157. The second-order valence-corrected chi connectivity index (χ2v) is 10.5. The third-order valence-corrected chi connectivity index (χ3v) is 7.53. The molecule has 1 fully saturated rings. The molecule has 0 radical (unpaired) electrons. The lowest BCUT2D eigenvalue weighted by Crippen LogP contribution is -2.34. The molecule has 0 aliphatic heterocycles. The highest BCUT2D eigenvalue weighted by Gasteiger charge is 2.60. The van der Waals surface area contributed by atoms with Gasteiger partial charge in [0.1, 0.15) is 0 Å². The molecular weight excluding hydrogens is 360 g/mol. The number of hydrogen-bond donors (Lipinski definition) is 1. The molecule has 3 heteroatoms. The van der Waals surface area contributed by atoms with Crippen LogP contribution in [0.2, 0.25) is 0 Å². The number of aliphatic carboxylic acids is 1. The number of methoxy groups -OCH3 is 1. The van der Waals surface area contributed by atoms with Crippen molar-refractivity contribution in [3.63, 3.8) is 0 Å². The van der Waals surface area contributed by atoms with Gasteiger partial charge in [-0.05, 0) is 64.7 Å². The molecule has 0 amide bonds. The Hall–Kier alpha value is -1.87. The van der Waals surface area contributed by atoms with Crippen molar-refractivity contribution in [2.75, 3.05) is 13.7 Å². The molecule has 0 heterocycles. The molecule has 29 heavy (non-hydrogen) atoms. The van der Waals surface area contributed by atoms with Gasteiger partial charge >= 0.3 is 5.97 Å². The molecule has 158 valence electrons. The Kier molecular flexibility index (Phi) is 5.59. The molecule has 0 saturated heterocycles. The summed E-state index contributed by atoms with van der Waals surface area (Å²) in [6, 6.07) is 7.13. The summed E-state index contributed by atoms with van der Waals surface area (Å²) in [5, 5.41) is 8.96. The molecule has 0 bridgehead atoms. The van der Waals surface area contributed by atoms with Crippen molar-refractivity contribution >= 4 is 5.97 Å². The van der Waals surface area contributed by atoms with Crippen LogP contribution in [0.25, 0.3) is 0 Å². The van der Waals surface area contributed by atoms with Crippen LogP contribution < -0.4 is 0 Å². The Morgan fingerprint density at radius 1 is 1.14 bits per heavy atom. The van der Waals surface area contributed by atoms with Gasteiger partial charge in [-0.2, -0.15) is 0 Å². The van der Waals surface area contributed by atoms with E-state index in [0.29, 0.717) is 18.4 Å². The number of benzene rings is 1. The lowest BCUT2D eigenvalue weighted by Gasteiger charge is -2.42. The van der Waals surface area contributed by atoms with Gasteiger partial charge in [-0.25, -0.2) is 4.79 Å². The number of allylic oxidation sites excluding steroid dienone is 3. The van der Waals surface area contributed by atoms with Gasteiger partial charge < -0.3 is 9.84 Å². The fourth-order valence-electron chi connectivity index (χ4n) is 5.26. The van der Waals surface area contributed by atoms with E-state index in [9.17, 15) is 4.79 Å². The molecule has 3 rings (SSSR count). The van der Waals surface area contributed by atoms with Gasteiger partial charge in [0, 0.05) is 18.6 Å². The van der Waals surface area contributed by atoms with E-state index in [1.165, 1.54) is 35.6 Å². The smallest absolute Gasteiger partial charge is 0.328 e. The zero-order valence-corrected chi connectivity index (χ0v) is 19.0. The van der Waals surface area contributed by atoms with Crippen LogP contribution in [0.4, 0.5) is 0 Å².